The Kier molecular flexibility index (Phi) is 7.80. The molecule has 0 fully saturated rings. The molecular weight excluding hydrogens is 603 g/mol. The van der Waals surface area contributed by atoms with Crippen LogP contribution in [0.4, 0.5) is 0 Å². The molecule has 1 aliphatic carbocycles. The van der Waals surface area contributed by atoms with Gasteiger partial charge < -0.3 is 4.57 Å². The Bertz CT molecular complexity index is 2610. The van der Waals surface area contributed by atoms with E-state index in [1.54, 1.807) is 0 Å². The van der Waals surface area contributed by atoms with Crippen molar-refractivity contribution in [1.82, 2.24) is 4.57 Å². The third-order valence-corrected chi connectivity index (χ3v) is 10.9. The lowest BCUT2D eigenvalue weighted by Gasteiger charge is -2.21. The number of nitrogens with zero attached hydrogens (tertiary/aromatic N) is 1. The number of rotatable bonds is 6. The maximum absolute atomic E-state index is 4.57. The molecule has 1 nitrogen and oxygen atoms in total. The number of aromatic nitrogens is 1. The molecule has 0 radical (unpaired) electrons. The number of allylic oxidation sites excluding steroid dienone is 3. The average molecular weight is 646 g/mol. The molecule has 1 heteroatoms. The average Bonchev–Trinajstić information content (AvgIpc) is 3.59. The number of fused-ring (bicyclic) bond motifs is 6. The standard InChI is InChI=1S/C49H43N/c1-7-34-16-12-13-19-40(34)39(8-2)33(4)28-32(3)37-24-27-47-43(29-37)44-30-42-41-20-14-15-21-45(41)49(5,6)46(42)31-48(44)50(47)38-25-22-36(23-26-38)35-17-10-9-11-18-35/h7,9-31H,4,8H2,1-3,5-6H3. The second kappa shape index (κ2) is 12.3. The molecule has 0 saturated heterocycles. The molecule has 8 rings (SSSR count). The first kappa shape index (κ1) is 31.6. The van der Waals surface area contributed by atoms with E-state index in [0.29, 0.717) is 0 Å². The van der Waals surface area contributed by atoms with Crippen LogP contribution < -0.4 is 10.4 Å². The van der Waals surface area contributed by atoms with Crippen LogP contribution >= 0.6 is 0 Å². The predicted octanol–water partition coefficient (Wildman–Crippen LogP) is 11.8. The molecule has 1 heterocycles. The quantitative estimate of drug-likeness (QED) is 0.159. The molecule has 1 aliphatic rings. The van der Waals surface area contributed by atoms with Crippen LogP contribution in [0.1, 0.15) is 57.7 Å². The van der Waals surface area contributed by atoms with Gasteiger partial charge in [0.1, 0.15) is 0 Å². The Hall–Kier alpha value is -5.66. The highest BCUT2D eigenvalue weighted by atomic mass is 15.0. The number of hydrogen-bond donors (Lipinski definition) is 0. The van der Waals surface area contributed by atoms with Gasteiger partial charge in [-0.25, -0.2) is 0 Å². The Morgan fingerprint density at radius 3 is 2.12 bits per heavy atom. The van der Waals surface area contributed by atoms with E-state index in [4.69, 9.17) is 0 Å². The SMILES string of the molecule is C=C(C=C(C)c1ccc2c(c1)c1cc3c(cc1n2-c1ccc(-c2ccccc2)cc1)C(C)(C)c1ccccc1-3)C(CC)=c1ccccc1=CC. The van der Waals surface area contributed by atoms with Gasteiger partial charge in [-0.15, -0.1) is 0 Å². The minimum absolute atomic E-state index is 0.0783. The first-order chi connectivity index (χ1) is 24.3. The zero-order valence-electron chi connectivity index (χ0n) is 29.7. The summed E-state index contributed by atoms with van der Waals surface area (Å²) in [4.78, 5) is 0. The molecule has 0 atom stereocenters. The van der Waals surface area contributed by atoms with Gasteiger partial charge in [0, 0.05) is 21.9 Å². The topological polar surface area (TPSA) is 4.93 Å². The smallest absolute Gasteiger partial charge is 0.0544 e. The van der Waals surface area contributed by atoms with Gasteiger partial charge >= 0.3 is 0 Å². The minimum Gasteiger partial charge on any atom is -0.309 e. The van der Waals surface area contributed by atoms with Crippen molar-refractivity contribution in [2.45, 2.75) is 46.5 Å². The van der Waals surface area contributed by atoms with E-state index >= 15 is 0 Å². The molecule has 1 aromatic heterocycles. The normalized spacial score (nSPS) is 14.6. The van der Waals surface area contributed by atoms with E-state index in [9.17, 15) is 0 Å². The Morgan fingerprint density at radius 1 is 0.680 bits per heavy atom. The van der Waals surface area contributed by atoms with E-state index in [1.807, 2.05) is 0 Å². The highest BCUT2D eigenvalue weighted by Crippen LogP contribution is 2.51. The van der Waals surface area contributed by atoms with Crippen molar-refractivity contribution in [2.24, 2.45) is 0 Å². The first-order valence-corrected chi connectivity index (χ1v) is 17.8. The van der Waals surface area contributed by atoms with E-state index in [0.717, 1.165) is 12.0 Å². The third kappa shape index (κ3) is 5.08. The second-order valence-corrected chi connectivity index (χ2v) is 14.1. The highest BCUT2D eigenvalue weighted by molar-refractivity contribution is 6.12. The molecule has 0 unspecified atom stereocenters. The molecule has 0 saturated carbocycles. The maximum atomic E-state index is 4.57. The Morgan fingerprint density at radius 2 is 1.36 bits per heavy atom. The minimum atomic E-state index is -0.0783. The number of hydrogen-bond acceptors (Lipinski definition) is 0. The van der Waals surface area contributed by atoms with Crippen LogP contribution in [0.15, 0.2) is 152 Å². The van der Waals surface area contributed by atoms with Crippen LogP contribution in [-0.4, -0.2) is 4.57 Å². The van der Waals surface area contributed by atoms with Crippen molar-refractivity contribution in [3.05, 3.63) is 179 Å². The van der Waals surface area contributed by atoms with Gasteiger partial charge in [-0.3, -0.25) is 0 Å². The lowest BCUT2D eigenvalue weighted by molar-refractivity contribution is 0.661. The second-order valence-electron chi connectivity index (χ2n) is 14.1. The molecule has 0 N–H and O–H groups in total. The summed E-state index contributed by atoms with van der Waals surface area (Å²) in [5.74, 6) is 0. The molecule has 50 heavy (non-hydrogen) atoms. The molecule has 0 spiro atoms. The molecule has 0 bridgehead atoms. The van der Waals surface area contributed by atoms with E-state index in [-0.39, 0.29) is 5.41 Å². The summed E-state index contributed by atoms with van der Waals surface area (Å²) < 4.78 is 2.46. The van der Waals surface area contributed by atoms with Gasteiger partial charge in [0.2, 0.25) is 0 Å². The lowest BCUT2D eigenvalue weighted by atomic mass is 9.82. The van der Waals surface area contributed by atoms with Gasteiger partial charge in [0.25, 0.3) is 0 Å². The van der Waals surface area contributed by atoms with Crippen molar-refractivity contribution in [2.75, 3.05) is 0 Å². The van der Waals surface area contributed by atoms with Gasteiger partial charge in [-0.2, -0.15) is 0 Å². The summed E-state index contributed by atoms with van der Waals surface area (Å²) in [5, 5.41) is 5.05. The van der Waals surface area contributed by atoms with E-state index in [2.05, 4.69) is 191 Å². The van der Waals surface area contributed by atoms with Crippen molar-refractivity contribution in [3.8, 4) is 27.9 Å². The molecule has 6 aromatic carbocycles. The molecule has 244 valence electrons. The lowest BCUT2D eigenvalue weighted by Crippen LogP contribution is -2.26. The van der Waals surface area contributed by atoms with Gasteiger partial charge in [0.15, 0.2) is 0 Å². The van der Waals surface area contributed by atoms with Crippen LogP contribution in [-0.2, 0) is 5.41 Å². The van der Waals surface area contributed by atoms with Crippen molar-refractivity contribution in [1.29, 1.82) is 0 Å². The summed E-state index contributed by atoms with van der Waals surface area (Å²) in [5.41, 5.74) is 16.2. The van der Waals surface area contributed by atoms with Gasteiger partial charge in [0.05, 0.1) is 11.0 Å². The summed E-state index contributed by atoms with van der Waals surface area (Å²) in [6, 6.07) is 49.1. The summed E-state index contributed by atoms with van der Waals surface area (Å²) in [6.45, 7) is 15.8. The molecule has 7 aromatic rings. The largest absolute Gasteiger partial charge is 0.309 e. The van der Waals surface area contributed by atoms with Crippen molar-refractivity contribution in [3.63, 3.8) is 0 Å². The number of benzene rings is 6. The molecule has 0 aliphatic heterocycles. The summed E-state index contributed by atoms with van der Waals surface area (Å²) in [7, 11) is 0. The van der Waals surface area contributed by atoms with Gasteiger partial charge in [-0.1, -0.05) is 137 Å². The molecular formula is C49H43N. The van der Waals surface area contributed by atoms with E-state index in [1.165, 1.54) is 88.0 Å². The third-order valence-electron chi connectivity index (χ3n) is 10.9. The summed E-state index contributed by atoms with van der Waals surface area (Å²) in [6.07, 6.45) is 5.38. The van der Waals surface area contributed by atoms with Crippen LogP contribution in [0.5, 0.6) is 0 Å². The Labute approximate surface area is 295 Å². The first-order valence-electron chi connectivity index (χ1n) is 17.8. The molecule has 0 amide bonds. The maximum Gasteiger partial charge on any atom is 0.0544 e. The van der Waals surface area contributed by atoms with Crippen molar-refractivity contribution < 1.29 is 0 Å². The van der Waals surface area contributed by atoms with Crippen molar-refractivity contribution >= 4 is 39.0 Å². The van der Waals surface area contributed by atoms with Crippen LogP contribution in [0.3, 0.4) is 0 Å². The Balaban J connectivity index is 1.32. The predicted molar refractivity (Wildman–Crippen MR) is 216 cm³/mol. The van der Waals surface area contributed by atoms with Crippen LogP contribution in [0.25, 0.3) is 67.0 Å². The zero-order chi connectivity index (χ0) is 34.6. The fourth-order valence-corrected chi connectivity index (χ4v) is 8.22. The zero-order valence-corrected chi connectivity index (χ0v) is 29.7. The monoisotopic (exact) mass is 645 g/mol. The van der Waals surface area contributed by atoms with E-state index < -0.39 is 0 Å². The highest BCUT2D eigenvalue weighted by Gasteiger charge is 2.36. The fourth-order valence-electron chi connectivity index (χ4n) is 8.22. The fraction of sp³-hybridized carbons (Fsp3) is 0.143. The van der Waals surface area contributed by atoms with Crippen LogP contribution in [0.2, 0.25) is 0 Å². The van der Waals surface area contributed by atoms with Crippen LogP contribution in [0, 0.1) is 0 Å². The van der Waals surface area contributed by atoms with Gasteiger partial charge in [-0.05, 0) is 123 Å². The summed E-state index contributed by atoms with van der Waals surface area (Å²) >= 11 is 0.